The summed E-state index contributed by atoms with van der Waals surface area (Å²) in [5.74, 6) is 0. The molecule has 17 heavy (non-hydrogen) atoms. The molecule has 1 aliphatic carbocycles. The van der Waals surface area contributed by atoms with Gasteiger partial charge < -0.3 is 21.9 Å². The Hall–Kier alpha value is 0.426. The Morgan fingerprint density at radius 1 is 1.18 bits per heavy atom. The van der Waals surface area contributed by atoms with Crippen molar-refractivity contribution in [3.63, 3.8) is 0 Å². The average Bonchev–Trinajstić information content (AvgIpc) is 2.31. The van der Waals surface area contributed by atoms with Gasteiger partial charge in [-0.05, 0) is 19.9 Å². The molecule has 0 N–H and O–H groups in total. The molecule has 0 unspecified atom stereocenters. The smallest absolute Gasteiger partial charge is 1.00 e. The van der Waals surface area contributed by atoms with Crippen molar-refractivity contribution in [3.05, 3.63) is 35.9 Å². The van der Waals surface area contributed by atoms with Crippen molar-refractivity contribution in [1.29, 1.82) is 0 Å². The van der Waals surface area contributed by atoms with Crippen molar-refractivity contribution in [2.45, 2.75) is 44.7 Å². The summed E-state index contributed by atoms with van der Waals surface area (Å²) in [6.07, 6.45) is 7.03. The Morgan fingerprint density at radius 3 is 2.35 bits per heavy atom. The second-order valence-electron chi connectivity index (χ2n) is 4.62. The minimum atomic E-state index is 0. The maximum Gasteiger partial charge on any atom is 2.00 e. The Bertz CT molecular complexity index is 286. The van der Waals surface area contributed by atoms with Gasteiger partial charge in [0, 0.05) is 12.6 Å². The van der Waals surface area contributed by atoms with Crippen molar-refractivity contribution in [2.24, 2.45) is 0 Å². The molecule has 1 saturated carbocycles. The van der Waals surface area contributed by atoms with E-state index in [1.54, 1.807) is 0 Å². The first-order valence-electron chi connectivity index (χ1n) is 6.01. The molecule has 0 spiro atoms. The molecule has 1 aromatic carbocycles. The van der Waals surface area contributed by atoms with Crippen molar-refractivity contribution < 1.29 is 17.0 Å². The summed E-state index contributed by atoms with van der Waals surface area (Å²) in [5.41, 5.74) is 1.40. The molecule has 0 saturated heterocycles. The third kappa shape index (κ3) is 5.73. The molecule has 1 fully saturated rings. The summed E-state index contributed by atoms with van der Waals surface area (Å²) in [7, 11) is 2.26. The predicted molar refractivity (Wildman–Crippen MR) is 69.4 cm³/mol. The fraction of sp³-hybridized carbons (Fsp3) is 0.571. The van der Waals surface area contributed by atoms with Crippen LogP contribution < -0.4 is 17.0 Å². The summed E-state index contributed by atoms with van der Waals surface area (Å²) in [5, 5.41) is 0. The van der Waals surface area contributed by atoms with Crippen LogP contribution >= 0.6 is 0 Å². The summed E-state index contributed by atoms with van der Waals surface area (Å²) in [4.78, 5) is 2.51. The molecule has 0 bridgehead atoms. The zero-order valence-electron chi connectivity index (χ0n) is 10.7. The van der Waals surface area contributed by atoms with Crippen LogP contribution in [0.3, 0.4) is 0 Å². The second kappa shape index (κ2) is 9.37. The summed E-state index contributed by atoms with van der Waals surface area (Å²) in [6.45, 7) is 1.08. The standard InChI is InChI=1S/C14H20N.BrH.Mg/c1-15(14-10-6-3-7-11-14)12-13-8-4-2-5-9-13;;/h4-5,8-9,14H,3,6-7,10-12H2,1H3;1H;/q-1;;+2/p-1. The molecule has 1 nitrogen and oxygen atoms in total. The van der Waals surface area contributed by atoms with Crippen LogP contribution in [-0.4, -0.2) is 41.0 Å². The molecule has 1 aliphatic rings. The SMILES string of the molecule is CN(Cc1cc[c-]cc1)C1CCCCC1.[Br-].[Mg+2]. The van der Waals surface area contributed by atoms with Gasteiger partial charge in [0.25, 0.3) is 0 Å². The molecule has 0 heterocycles. The Morgan fingerprint density at radius 2 is 1.76 bits per heavy atom. The van der Waals surface area contributed by atoms with E-state index in [-0.39, 0.29) is 40.0 Å². The Balaban J connectivity index is 0.00000128. The van der Waals surface area contributed by atoms with Gasteiger partial charge in [0.2, 0.25) is 0 Å². The molecule has 3 heteroatoms. The number of hydrogen-bond donors (Lipinski definition) is 0. The molecule has 1 aromatic rings. The molecular weight excluding hydrogens is 286 g/mol. The number of benzene rings is 1. The summed E-state index contributed by atoms with van der Waals surface area (Å²) < 4.78 is 0. The van der Waals surface area contributed by atoms with Gasteiger partial charge >= 0.3 is 23.1 Å². The van der Waals surface area contributed by atoms with Crippen LogP contribution in [0.1, 0.15) is 37.7 Å². The number of halogens is 1. The van der Waals surface area contributed by atoms with E-state index in [0.29, 0.717) is 0 Å². The third-order valence-corrected chi connectivity index (χ3v) is 3.42. The van der Waals surface area contributed by atoms with Crippen molar-refractivity contribution in [2.75, 3.05) is 7.05 Å². The van der Waals surface area contributed by atoms with E-state index >= 15 is 0 Å². The monoisotopic (exact) mass is 305 g/mol. The summed E-state index contributed by atoms with van der Waals surface area (Å²) >= 11 is 0. The van der Waals surface area contributed by atoms with Gasteiger partial charge in [-0.15, -0.1) is 5.56 Å². The van der Waals surface area contributed by atoms with E-state index in [1.165, 1.54) is 37.7 Å². The van der Waals surface area contributed by atoms with E-state index in [1.807, 2.05) is 12.1 Å². The first kappa shape index (κ1) is 17.4. The predicted octanol–water partition coefficient (Wildman–Crippen LogP) is -0.126. The van der Waals surface area contributed by atoms with Gasteiger partial charge in [0.15, 0.2) is 0 Å². The van der Waals surface area contributed by atoms with E-state index in [2.05, 4.69) is 30.1 Å². The minimum Gasteiger partial charge on any atom is -1.00 e. The number of hydrogen-bond acceptors (Lipinski definition) is 1. The first-order chi connectivity index (χ1) is 7.36. The van der Waals surface area contributed by atoms with E-state index in [4.69, 9.17) is 0 Å². The Labute approximate surface area is 132 Å². The van der Waals surface area contributed by atoms with E-state index in [0.717, 1.165) is 12.6 Å². The van der Waals surface area contributed by atoms with Gasteiger partial charge in [-0.2, -0.15) is 30.3 Å². The van der Waals surface area contributed by atoms with Gasteiger partial charge in [-0.25, -0.2) is 0 Å². The van der Waals surface area contributed by atoms with Crippen LogP contribution in [0.25, 0.3) is 0 Å². The van der Waals surface area contributed by atoms with Crippen molar-refractivity contribution in [3.8, 4) is 0 Å². The van der Waals surface area contributed by atoms with Crippen molar-refractivity contribution >= 4 is 23.1 Å². The molecule has 0 radical (unpaired) electrons. The topological polar surface area (TPSA) is 3.24 Å². The molecule has 2 rings (SSSR count). The zero-order valence-corrected chi connectivity index (χ0v) is 13.7. The largest absolute Gasteiger partial charge is 2.00 e. The molecule has 90 valence electrons. The fourth-order valence-electron chi connectivity index (χ4n) is 2.47. The molecule has 0 atom stereocenters. The normalized spacial score (nSPS) is 16.1. The molecule has 0 aliphatic heterocycles. The van der Waals surface area contributed by atoms with E-state index < -0.39 is 0 Å². The van der Waals surface area contributed by atoms with Crippen molar-refractivity contribution in [1.82, 2.24) is 4.90 Å². The number of nitrogens with zero attached hydrogens (tertiary/aromatic N) is 1. The molecular formula is C14H20BrMgN. The summed E-state index contributed by atoms with van der Waals surface area (Å²) in [6, 6.07) is 12.2. The second-order valence-corrected chi connectivity index (χ2v) is 4.62. The zero-order chi connectivity index (χ0) is 10.5. The van der Waals surface area contributed by atoms with Crippen LogP contribution in [-0.2, 0) is 6.54 Å². The first-order valence-corrected chi connectivity index (χ1v) is 6.01. The van der Waals surface area contributed by atoms with Gasteiger partial charge in [0.1, 0.15) is 0 Å². The fourth-order valence-corrected chi connectivity index (χ4v) is 2.47. The van der Waals surface area contributed by atoms with Crippen LogP contribution in [0, 0.1) is 6.07 Å². The minimum absolute atomic E-state index is 0. The average molecular weight is 307 g/mol. The van der Waals surface area contributed by atoms with Crippen LogP contribution in [0.15, 0.2) is 24.3 Å². The van der Waals surface area contributed by atoms with Crippen LogP contribution in [0.5, 0.6) is 0 Å². The van der Waals surface area contributed by atoms with Crippen LogP contribution in [0.2, 0.25) is 0 Å². The third-order valence-electron chi connectivity index (χ3n) is 3.42. The maximum atomic E-state index is 3.07. The quantitative estimate of drug-likeness (QED) is 0.556. The van der Waals surface area contributed by atoms with E-state index in [9.17, 15) is 0 Å². The van der Waals surface area contributed by atoms with Gasteiger partial charge in [0.05, 0.1) is 0 Å². The maximum absolute atomic E-state index is 3.07. The van der Waals surface area contributed by atoms with Gasteiger partial charge in [-0.1, -0.05) is 19.3 Å². The molecule has 0 aromatic heterocycles. The van der Waals surface area contributed by atoms with Gasteiger partial charge in [-0.3, -0.25) is 0 Å². The van der Waals surface area contributed by atoms with Crippen LogP contribution in [0.4, 0.5) is 0 Å². The number of rotatable bonds is 3. The Kier molecular flexibility index (Phi) is 9.60. The molecule has 0 amide bonds.